The minimum atomic E-state index is -0.101. The molecule has 0 saturated carbocycles. The maximum atomic E-state index is 2.62. The van der Waals surface area contributed by atoms with Crippen molar-refractivity contribution in [3.8, 4) is 33.4 Å². The summed E-state index contributed by atoms with van der Waals surface area (Å²) in [4.78, 5) is 2.62. The zero-order valence-corrected chi connectivity index (χ0v) is 35.7. The van der Waals surface area contributed by atoms with Gasteiger partial charge in [-0.3, -0.25) is 0 Å². The molecule has 9 aromatic carbocycles. The van der Waals surface area contributed by atoms with E-state index in [4.69, 9.17) is 0 Å². The lowest BCUT2D eigenvalue weighted by Crippen LogP contribution is -2.27. The fraction of sp³-hybridized carbons (Fsp3) is 0.143. The third kappa shape index (κ3) is 4.49. The molecule has 0 aliphatic heterocycles. The molecule has 0 heterocycles. The maximum absolute atomic E-state index is 2.62. The van der Waals surface area contributed by atoms with Gasteiger partial charge in [-0.05, 0) is 175 Å². The molecule has 0 aromatic heterocycles. The van der Waals surface area contributed by atoms with Crippen LogP contribution in [-0.2, 0) is 54.8 Å². The van der Waals surface area contributed by atoms with Crippen molar-refractivity contribution in [3.05, 3.63) is 267 Å². The predicted molar refractivity (Wildman–Crippen MR) is 261 cm³/mol. The van der Waals surface area contributed by atoms with Gasteiger partial charge in [0.05, 0.1) is 0 Å². The minimum Gasteiger partial charge on any atom is -0.310 e. The van der Waals surface area contributed by atoms with Crippen molar-refractivity contribution in [1.29, 1.82) is 0 Å². The summed E-state index contributed by atoms with van der Waals surface area (Å²) in [6.45, 7) is 0. The molecule has 3 spiro atoms. The number of hydrogen-bond donors (Lipinski definition) is 0. The zero-order chi connectivity index (χ0) is 41.8. The molecule has 1 nitrogen and oxygen atoms in total. The average Bonchev–Trinajstić information content (AvgIpc) is 4.19. The van der Waals surface area contributed by atoms with Gasteiger partial charge in [0.2, 0.25) is 0 Å². The summed E-state index contributed by atoms with van der Waals surface area (Å²) in [5.41, 5.74) is 29.4. The largest absolute Gasteiger partial charge is 0.310 e. The van der Waals surface area contributed by atoms with Crippen LogP contribution in [0, 0.1) is 0 Å². The van der Waals surface area contributed by atoms with E-state index in [1.54, 1.807) is 0 Å². The van der Waals surface area contributed by atoms with Gasteiger partial charge in [-0.15, -0.1) is 0 Å². The number of rotatable bonds is 3. The van der Waals surface area contributed by atoms with E-state index in [1.807, 2.05) is 0 Å². The Hall–Kier alpha value is -7.22. The highest BCUT2D eigenvalue weighted by Crippen LogP contribution is 2.60. The molecule has 0 fully saturated rings. The van der Waals surface area contributed by atoms with Crippen molar-refractivity contribution >= 4 is 17.1 Å². The van der Waals surface area contributed by atoms with Gasteiger partial charge in [-0.25, -0.2) is 0 Å². The van der Waals surface area contributed by atoms with Crippen molar-refractivity contribution < 1.29 is 0 Å². The molecular formula is C63H45N. The molecule has 0 radical (unpaired) electrons. The summed E-state index contributed by atoms with van der Waals surface area (Å²) in [6.07, 6.45) is 6.15. The Morgan fingerprint density at radius 3 is 0.750 bits per heavy atom. The first-order valence-corrected chi connectivity index (χ1v) is 23.3. The van der Waals surface area contributed by atoms with Gasteiger partial charge in [0.25, 0.3) is 0 Å². The normalized spacial score (nSPS) is 17.1. The fourth-order valence-corrected chi connectivity index (χ4v) is 14.2. The molecule has 15 rings (SSSR count). The molecule has 9 aromatic rings. The highest BCUT2D eigenvalue weighted by atomic mass is 15.1. The Labute approximate surface area is 375 Å². The summed E-state index contributed by atoms with van der Waals surface area (Å²) in [7, 11) is 0. The van der Waals surface area contributed by atoms with Crippen LogP contribution in [0.3, 0.4) is 0 Å². The Morgan fingerprint density at radius 2 is 0.469 bits per heavy atom. The molecule has 6 aliphatic rings. The second-order valence-corrected chi connectivity index (χ2v) is 19.8. The quantitative estimate of drug-likeness (QED) is 0.172. The van der Waals surface area contributed by atoms with E-state index in [1.165, 1.54) is 117 Å². The monoisotopic (exact) mass is 815 g/mol. The van der Waals surface area contributed by atoms with Crippen LogP contribution in [0.2, 0.25) is 0 Å². The van der Waals surface area contributed by atoms with E-state index < -0.39 is 0 Å². The van der Waals surface area contributed by atoms with Crippen LogP contribution < -0.4 is 4.90 Å². The van der Waals surface area contributed by atoms with Crippen LogP contribution in [0.1, 0.15) is 66.8 Å². The van der Waals surface area contributed by atoms with Crippen LogP contribution in [0.5, 0.6) is 0 Å². The van der Waals surface area contributed by atoms with E-state index in [-0.39, 0.29) is 16.2 Å². The van der Waals surface area contributed by atoms with Crippen molar-refractivity contribution in [3.63, 3.8) is 0 Å². The van der Waals surface area contributed by atoms with E-state index in [0.29, 0.717) is 0 Å². The van der Waals surface area contributed by atoms with E-state index in [9.17, 15) is 0 Å². The highest BCUT2D eigenvalue weighted by Gasteiger charge is 2.50. The Kier molecular flexibility index (Phi) is 6.88. The molecule has 0 unspecified atom stereocenters. The van der Waals surface area contributed by atoms with Crippen molar-refractivity contribution in [1.82, 2.24) is 0 Å². The Balaban J connectivity index is 0.958. The van der Waals surface area contributed by atoms with Gasteiger partial charge in [-0.2, -0.15) is 0 Å². The van der Waals surface area contributed by atoms with Crippen LogP contribution in [0.25, 0.3) is 33.4 Å². The third-order valence-corrected chi connectivity index (χ3v) is 16.8. The molecule has 0 atom stereocenters. The van der Waals surface area contributed by atoms with Crippen LogP contribution in [0.15, 0.2) is 200 Å². The summed E-state index contributed by atoms with van der Waals surface area (Å²) < 4.78 is 0. The van der Waals surface area contributed by atoms with E-state index in [0.717, 1.165) is 38.5 Å². The third-order valence-electron chi connectivity index (χ3n) is 16.8. The van der Waals surface area contributed by atoms with Crippen LogP contribution in [-0.4, -0.2) is 0 Å². The lowest BCUT2D eigenvalue weighted by atomic mass is 9.75. The minimum absolute atomic E-state index is 0.101. The van der Waals surface area contributed by atoms with Crippen molar-refractivity contribution in [2.45, 2.75) is 54.8 Å². The van der Waals surface area contributed by atoms with E-state index in [2.05, 4.69) is 205 Å². The molecule has 0 N–H and O–H groups in total. The van der Waals surface area contributed by atoms with Gasteiger partial charge >= 0.3 is 0 Å². The smallest absolute Gasteiger partial charge is 0.0465 e. The second-order valence-electron chi connectivity index (χ2n) is 19.8. The second kappa shape index (κ2) is 12.5. The fourth-order valence-electron chi connectivity index (χ4n) is 14.2. The molecule has 1 heteroatoms. The SMILES string of the molecule is c1ccc2c(c1)CC1(C2)c2ccccc2-c2ccc(N(c3ccc4c(c3)C3(Cc5ccccc5C3)c3ccccc3-4)c3ccc4c(c3)C3(Cc5ccccc5C3)c3ccccc3-4)cc21. The van der Waals surface area contributed by atoms with Gasteiger partial charge in [0.1, 0.15) is 0 Å². The lowest BCUT2D eigenvalue weighted by Gasteiger charge is -2.33. The number of nitrogens with zero attached hydrogens (tertiary/aromatic N) is 1. The zero-order valence-electron chi connectivity index (χ0n) is 35.7. The maximum Gasteiger partial charge on any atom is 0.0465 e. The summed E-state index contributed by atoms with van der Waals surface area (Å²) in [6, 6.07) is 77.6. The van der Waals surface area contributed by atoms with Crippen molar-refractivity contribution in [2.75, 3.05) is 4.90 Å². The van der Waals surface area contributed by atoms with Gasteiger partial charge < -0.3 is 4.90 Å². The molecule has 6 aliphatic carbocycles. The predicted octanol–water partition coefficient (Wildman–Crippen LogP) is 14.4. The molecule has 64 heavy (non-hydrogen) atoms. The average molecular weight is 816 g/mol. The first kappa shape index (κ1) is 35.3. The highest BCUT2D eigenvalue weighted by molar-refractivity contribution is 5.91. The van der Waals surface area contributed by atoms with Gasteiger partial charge in [0, 0.05) is 33.3 Å². The summed E-state index contributed by atoms with van der Waals surface area (Å²) in [5, 5.41) is 0. The number of fused-ring (bicyclic) bond motifs is 18. The van der Waals surface area contributed by atoms with Crippen LogP contribution in [0.4, 0.5) is 17.1 Å². The standard InChI is InChI=1S/C63H45N/c1-2-14-41-35-61(34-40(41)13-1)55-22-10-7-19-49(55)52-28-25-46(31-58(52)61)64(47-26-29-53-50-20-8-11-23-56(50)62(59(53)32-47)36-42-15-3-4-16-43(42)37-62)48-27-30-54-51-21-9-12-24-57(51)63(60(54)33-48)38-44-17-5-6-18-45(44)39-63/h1-33H,34-39H2. The number of anilines is 3. The van der Waals surface area contributed by atoms with Crippen LogP contribution >= 0.6 is 0 Å². The summed E-state index contributed by atoms with van der Waals surface area (Å²) >= 11 is 0. The summed E-state index contributed by atoms with van der Waals surface area (Å²) in [5.74, 6) is 0. The molecule has 0 amide bonds. The molecule has 0 saturated heterocycles. The van der Waals surface area contributed by atoms with Gasteiger partial charge in [0.15, 0.2) is 0 Å². The van der Waals surface area contributed by atoms with Gasteiger partial charge in [-0.1, -0.05) is 164 Å². The first-order valence-electron chi connectivity index (χ1n) is 23.3. The number of hydrogen-bond acceptors (Lipinski definition) is 1. The van der Waals surface area contributed by atoms with E-state index >= 15 is 0 Å². The molecule has 302 valence electrons. The topological polar surface area (TPSA) is 3.24 Å². The van der Waals surface area contributed by atoms with Crippen molar-refractivity contribution in [2.24, 2.45) is 0 Å². The Morgan fingerprint density at radius 1 is 0.234 bits per heavy atom. The first-order chi connectivity index (χ1) is 31.6. The Bertz CT molecular complexity index is 3050. The molecular weight excluding hydrogens is 771 g/mol. The number of benzene rings is 9. The lowest BCUT2D eigenvalue weighted by molar-refractivity contribution is 0.563. The molecule has 0 bridgehead atoms.